The molecule has 2 aromatic carbocycles. The lowest BCUT2D eigenvalue weighted by Gasteiger charge is -2.37. The maximum absolute atomic E-state index is 6.52. The minimum Gasteiger partial charge on any atom is -0.466 e. The maximum Gasteiger partial charge on any atom is 0.215 e. The number of aliphatic imine (C=N–C) groups is 1. The summed E-state index contributed by atoms with van der Waals surface area (Å²) in [5.74, 6) is 1.53. The number of halogens is 2. The third kappa shape index (κ3) is 5.19. The van der Waals surface area contributed by atoms with Crippen LogP contribution < -0.4 is 15.0 Å². The molecule has 0 bridgehead atoms. The SMILES string of the molecule is CC(C)(C)[C@@H](N=C1NC(=S)N(c2cccc(Cl)c2)C12CCCC2)[C@H](Oc1ccc(Cl)cc1)n1cncn1. The van der Waals surface area contributed by atoms with Crippen molar-refractivity contribution in [2.45, 2.75) is 64.3 Å². The summed E-state index contributed by atoms with van der Waals surface area (Å²) in [6.07, 6.45) is 6.68. The van der Waals surface area contributed by atoms with Crippen molar-refractivity contribution in [3.63, 3.8) is 0 Å². The highest BCUT2D eigenvalue weighted by atomic mass is 35.5. The number of aromatic nitrogens is 3. The third-order valence-corrected chi connectivity index (χ3v) is 7.76. The van der Waals surface area contributed by atoms with Gasteiger partial charge < -0.3 is 15.0 Å². The summed E-state index contributed by atoms with van der Waals surface area (Å²) < 4.78 is 8.24. The van der Waals surface area contributed by atoms with Gasteiger partial charge in [0.05, 0.1) is 0 Å². The molecule has 2 fully saturated rings. The van der Waals surface area contributed by atoms with Gasteiger partial charge >= 0.3 is 0 Å². The van der Waals surface area contributed by atoms with Crippen LogP contribution in [0.1, 0.15) is 52.7 Å². The van der Waals surface area contributed by atoms with Crippen LogP contribution in [0.25, 0.3) is 0 Å². The van der Waals surface area contributed by atoms with Crippen molar-refractivity contribution in [3.05, 3.63) is 71.2 Å². The van der Waals surface area contributed by atoms with Crippen molar-refractivity contribution < 1.29 is 4.74 Å². The topological polar surface area (TPSA) is 67.6 Å². The first-order valence-electron chi connectivity index (χ1n) is 12.4. The van der Waals surface area contributed by atoms with Gasteiger partial charge in [-0.05, 0) is 72.9 Å². The number of nitrogens with zero attached hydrogens (tertiary/aromatic N) is 5. The van der Waals surface area contributed by atoms with E-state index in [1.807, 2.05) is 36.4 Å². The van der Waals surface area contributed by atoms with Crippen LogP contribution in [-0.4, -0.2) is 37.3 Å². The molecule has 1 saturated heterocycles. The summed E-state index contributed by atoms with van der Waals surface area (Å²) in [6, 6.07) is 14.8. The Morgan fingerprint density at radius 3 is 2.43 bits per heavy atom. The average Bonchev–Trinajstić information content (AvgIpc) is 3.59. The molecule has 2 heterocycles. The molecule has 1 N–H and O–H groups in total. The largest absolute Gasteiger partial charge is 0.466 e. The molecule has 1 aliphatic carbocycles. The van der Waals surface area contributed by atoms with Crippen molar-refractivity contribution in [2.75, 3.05) is 4.90 Å². The van der Waals surface area contributed by atoms with Gasteiger partial charge in [0.1, 0.15) is 35.8 Å². The van der Waals surface area contributed by atoms with Crippen LogP contribution in [0.15, 0.2) is 66.2 Å². The molecular formula is C27H30Cl2N6OS. The van der Waals surface area contributed by atoms with Crippen LogP contribution in [-0.2, 0) is 0 Å². The summed E-state index contributed by atoms with van der Waals surface area (Å²) in [5.41, 5.74) is 0.316. The van der Waals surface area contributed by atoms with Crippen molar-refractivity contribution in [2.24, 2.45) is 10.4 Å². The molecule has 1 saturated carbocycles. The van der Waals surface area contributed by atoms with E-state index >= 15 is 0 Å². The zero-order valence-electron chi connectivity index (χ0n) is 21.1. The van der Waals surface area contributed by atoms with Gasteiger partial charge in [-0.1, -0.05) is 62.9 Å². The Morgan fingerprint density at radius 2 is 1.81 bits per heavy atom. The summed E-state index contributed by atoms with van der Waals surface area (Å²) in [7, 11) is 0. The Kier molecular flexibility index (Phi) is 7.18. The minimum absolute atomic E-state index is 0.289. The van der Waals surface area contributed by atoms with Crippen molar-refractivity contribution in [1.29, 1.82) is 0 Å². The molecular weight excluding hydrogens is 527 g/mol. The highest BCUT2D eigenvalue weighted by Crippen LogP contribution is 2.44. The number of hydrogen-bond donors (Lipinski definition) is 1. The third-order valence-electron chi connectivity index (χ3n) is 6.99. The van der Waals surface area contributed by atoms with E-state index in [4.69, 9.17) is 45.1 Å². The highest BCUT2D eigenvalue weighted by molar-refractivity contribution is 7.80. The van der Waals surface area contributed by atoms with E-state index in [0.717, 1.165) is 37.2 Å². The number of hydrogen-bond acceptors (Lipinski definition) is 5. The standard InChI is InChI=1S/C27H30Cl2N6OS/c1-26(2,3)22(23(34-17-30-16-31-34)36-21-11-9-18(28)10-12-21)32-24-27(13-4-5-14-27)35(25(37)33-24)20-8-6-7-19(29)15-20/h6-12,15-17,22-23H,4-5,13-14H2,1-3H3,(H,32,33,37)/t22-,23-/m0/s1. The first-order valence-corrected chi connectivity index (χ1v) is 13.6. The van der Waals surface area contributed by atoms with Gasteiger partial charge in [0, 0.05) is 15.7 Å². The van der Waals surface area contributed by atoms with Gasteiger partial charge in [0.25, 0.3) is 0 Å². The van der Waals surface area contributed by atoms with Crippen LogP contribution >= 0.6 is 35.4 Å². The zero-order chi connectivity index (χ0) is 26.2. The van der Waals surface area contributed by atoms with E-state index in [2.05, 4.69) is 41.1 Å². The van der Waals surface area contributed by atoms with Gasteiger partial charge in [-0.25, -0.2) is 9.67 Å². The van der Waals surface area contributed by atoms with Gasteiger partial charge in [0.2, 0.25) is 6.23 Å². The number of amidine groups is 1. The number of ether oxygens (including phenoxy) is 1. The molecule has 194 valence electrons. The molecule has 2 atom stereocenters. The molecule has 3 aromatic rings. The van der Waals surface area contributed by atoms with Crippen LogP contribution in [0.3, 0.4) is 0 Å². The minimum atomic E-state index is -0.551. The predicted molar refractivity (Wildman–Crippen MR) is 153 cm³/mol. The van der Waals surface area contributed by atoms with Crippen LogP contribution in [0.2, 0.25) is 10.0 Å². The molecule has 1 aliphatic heterocycles. The van der Waals surface area contributed by atoms with Gasteiger partial charge in [-0.15, -0.1) is 0 Å². The molecule has 10 heteroatoms. The van der Waals surface area contributed by atoms with Crippen LogP contribution in [0, 0.1) is 5.41 Å². The fraction of sp³-hybridized carbons (Fsp3) is 0.407. The Balaban J connectivity index is 1.59. The van der Waals surface area contributed by atoms with Crippen molar-refractivity contribution in [1.82, 2.24) is 20.1 Å². The van der Waals surface area contributed by atoms with E-state index in [0.29, 0.717) is 20.9 Å². The van der Waals surface area contributed by atoms with E-state index in [-0.39, 0.29) is 17.0 Å². The number of benzene rings is 2. The normalized spacial score (nSPS) is 19.9. The summed E-state index contributed by atoms with van der Waals surface area (Å²) in [5, 5.41) is 9.85. The first kappa shape index (κ1) is 25.9. The molecule has 1 aromatic heterocycles. The average molecular weight is 558 g/mol. The molecule has 0 amide bonds. The van der Waals surface area contributed by atoms with E-state index < -0.39 is 6.23 Å². The Bertz CT molecular complexity index is 1280. The second-order valence-corrected chi connectivity index (χ2v) is 11.9. The summed E-state index contributed by atoms with van der Waals surface area (Å²) in [6.45, 7) is 6.46. The summed E-state index contributed by atoms with van der Waals surface area (Å²) >= 11 is 18.4. The molecule has 0 radical (unpaired) electrons. The lowest BCUT2D eigenvalue weighted by Crippen LogP contribution is -2.49. The van der Waals surface area contributed by atoms with Crippen LogP contribution in [0.4, 0.5) is 5.69 Å². The Labute approximate surface area is 232 Å². The fourth-order valence-electron chi connectivity index (χ4n) is 5.21. The Hall–Kier alpha value is -2.68. The maximum atomic E-state index is 6.52. The lowest BCUT2D eigenvalue weighted by molar-refractivity contribution is 0.0470. The molecule has 2 aliphatic rings. The van der Waals surface area contributed by atoms with E-state index in [1.54, 1.807) is 23.1 Å². The lowest BCUT2D eigenvalue weighted by atomic mass is 9.85. The highest BCUT2D eigenvalue weighted by Gasteiger charge is 2.52. The van der Waals surface area contributed by atoms with Gasteiger partial charge in [0.15, 0.2) is 5.11 Å². The van der Waals surface area contributed by atoms with Crippen molar-refractivity contribution in [3.8, 4) is 5.75 Å². The first-order chi connectivity index (χ1) is 17.7. The van der Waals surface area contributed by atoms with E-state index in [9.17, 15) is 0 Å². The number of anilines is 1. The Morgan fingerprint density at radius 1 is 1.08 bits per heavy atom. The van der Waals surface area contributed by atoms with Gasteiger partial charge in [-0.2, -0.15) is 5.10 Å². The van der Waals surface area contributed by atoms with Crippen LogP contribution in [0.5, 0.6) is 5.75 Å². The van der Waals surface area contributed by atoms with Crippen molar-refractivity contribution >= 4 is 52.1 Å². The predicted octanol–water partition coefficient (Wildman–Crippen LogP) is 6.68. The van der Waals surface area contributed by atoms with E-state index in [1.165, 1.54) is 6.33 Å². The van der Waals surface area contributed by atoms with Gasteiger partial charge in [-0.3, -0.25) is 4.99 Å². The second-order valence-electron chi connectivity index (χ2n) is 10.6. The molecule has 0 unspecified atom stereocenters. The summed E-state index contributed by atoms with van der Waals surface area (Å²) in [4.78, 5) is 11.8. The number of thiocarbonyl (C=S) groups is 1. The number of rotatable bonds is 6. The smallest absolute Gasteiger partial charge is 0.215 e. The molecule has 1 spiro atoms. The molecule has 5 rings (SSSR count). The quantitative estimate of drug-likeness (QED) is 0.341. The monoisotopic (exact) mass is 556 g/mol. The second kappa shape index (κ2) is 10.2. The molecule has 7 nitrogen and oxygen atoms in total. The zero-order valence-corrected chi connectivity index (χ0v) is 23.4. The number of nitrogens with one attached hydrogen (secondary N) is 1. The fourth-order valence-corrected chi connectivity index (χ4v) is 5.90. The molecule has 37 heavy (non-hydrogen) atoms.